The Morgan fingerprint density at radius 2 is 0.933 bits per heavy atom. The van der Waals surface area contributed by atoms with Crippen LogP contribution in [0, 0.1) is 0 Å². The van der Waals surface area contributed by atoms with Crippen LogP contribution in [-0.4, -0.2) is 33.5 Å². The molecule has 0 heterocycles. The van der Waals surface area contributed by atoms with Crippen LogP contribution < -0.4 is 0 Å². The van der Waals surface area contributed by atoms with Crippen molar-refractivity contribution in [3.63, 3.8) is 0 Å². The average molecular weight is 323 g/mol. The van der Waals surface area contributed by atoms with E-state index in [9.17, 15) is 0 Å². The zero-order chi connectivity index (χ0) is 9.78. The van der Waals surface area contributed by atoms with Crippen LogP contribution in [0.25, 0.3) is 0 Å². The molecule has 0 aliphatic heterocycles. The molecule has 15 heavy (non-hydrogen) atoms. The molecule has 0 aliphatic carbocycles. The Labute approximate surface area is 109 Å². The molecule has 0 amide bonds. The molecule has 0 aromatic heterocycles. The van der Waals surface area contributed by atoms with E-state index in [1.807, 2.05) is 0 Å². The summed E-state index contributed by atoms with van der Waals surface area (Å²) in [7, 11) is 0. The largest absolute Gasteiger partial charge is 0.870 e. The van der Waals surface area contributed by atoms with E-state index in [2.05, 4.69) is 6.92 Å². The molecule has 0 spiro atoms. The summed E-state index contributed by atoms with van der Waals surface area (Å²) in [5.74, 6) is 0. The second kappa shape index (κ2) is 20.2. The van der Waals surface area contributed by atoms with Gasteiger partial charge in [-0.25, -0.2) is 0 Å². The molecule has 0 rings (SSSR count). The molecule has 2 nitrogen and oxygen atoms in total. The summed E-state index contributed by atoms with van der Waals surface area (Å²) in [4.78, 5) is 0. The first-order valence-corrected chi connectivity index (χ1v) is 8.45. The van der Waals surface area contributed by atoms with Gasteiger partial charge in [0.2, 0.25) is 0 Å². The zero-order valence-electron chi connectivity index (χ0n) is 10.2. The molecule has 0 unspecified atom stereocenters. The molecule has 0 aromatic rings. The van der Waals surface area contributed by atoms with E-state index >= 15 is 0 Å². The van der Waals surface area contributed by atoms with E-state index in [1.165, 1.54) is 91.2 Å². The monoisotopic (exact) mass is 324 g/mol. The topological polar surface area (TPSA) is 60.0 Å². The minimum atomic E-state index is 0. The zero-order valence-corrected chi connectivity index (χ0v) is 13.5. The van der Waals surface area contributed by atoms with E-state index in [4.69, 9.17) is 0 Å². The van der Waals surface area contributed by atoms with Gasteiger partial charge in [0.25, 0.3) is 0 Å². The molecule has 0 atom stereocenters. The normalized spacial score (nSPS) is 9.07. The average Bonchev–Trinajstić information content (AvgIpc) is 2.16. The molecule has 0 saturated heterocycles. The Hall–Kier alpha value is 0.719. The van der Waals surface area contributed by atoms with Crippen LogP contribution in [0.4, 0.5) is 0 Å². The van der Waals surface area contributed by atoms with Crippen molar-refractivity contribution in [2.75, 3.05) is 0 Å². The molecule has 0 radical (unpaired) electrons. The van der Waals surface area contributed by atoms with Crippen LogP contribution in [0.3, 0.4) is 0 Å². The van der Waals surface area contributed by atoms with Crippen molar-refractivity contribution in [2.45, 2.75) is 75.6 Å². The van der Waals surface area contributed by atoms with Crippen molar-refractivity contribution in [2.24, 2.45) is 0 Å². The van der Waals surface area contributed by atoms with Crippen molar-refractivity contribution in [1.82, 2.24) is 0 Å². The maximum absolute atomic E-state index is 2.29. The molecular formula is C12H28O2Sn. The predicted molar refractivity (Wildman–Crippen MR) is 67.7 cm³/mol. The third kappa shape index (κ3) is 20.7. The summed E-state index contributed by atoms with van der Waals surface area (Å²) >= 11 is 1.47. The fraction of sp³-hybridized carbons (Fsp3) is 1.00. The second-order valence-electron chi connectivity index (χ2n) is 3.97. The third-order valence-electron chi connectivity index (χ3n) is 2.56. The van der Waals surface area contributed by atoms with Crippen LogP contribution in [0.5, 0.6) is 0 Å². The maximum atomic E-state index is 2.29. The van der Waals surface area contributed by atoms with Crippen LogP contribution in [0.1, 0.15) is 71.1 Å². The third-order valence-corrected chi connectivity index (χ3v) is 3.72. The molecule has 2 N–H and O–H groups in total. The first kappa shape index (κ1) is 21.1. The smallest absolute Gasteiger partial charge is 0.870 e. The molecular weight excluding hydrogens is 295 g/mol. The molecule has 0 saturated carbocycles. The molecule has 3 heteroatoms. The van der Waals surface area contributed by atoms with Crippen molar-refractivity contribution < 1.29 is 11.0 Å². The molecule has 0 aromatic carbocycles. The van der Waals surface area contributed by atoms with Crippen molar-refractivity contribution in [3.8, 4) is 0 Å². The SMILES string of the molecule is CCCCCCCCCCC[CH2][SnH+2].[OH-].[OH-]. The minimum absolute atomic E-state index is 0. The predicted octanol–water partition coefficient (Wildman–Crippen LogP) is 3.87. The number of rotatable bonds is 10. The fourth-order valence-electron chi connectivity index (χ4n) is 1.63. The van der Waals surface area contributed by atoms with Gasteiger partial charge in [0.1, 0.15) is 0 Å². The molecule has 0 aliphatic rings. The number of unbranched alkanes of at least 4 members (excludes halogenated alkanes) is 9. The van der Waals surface area contributed by atoms with E-state index in [1.54, 1.807) is 0 Å². The van der Waals surface area contributed by atoms with Gasteiger partial charge in [-0.1, -0.05) is 0 Å². The summed E-state index contributed by atoms with van der Waals surface area (Å²) < 4.78 is 1.50. The van der Waals surface area contributed by atoms with Gasteiger partial charge in [0, 0.05) is 0 Å². The molecule has 0 fully saturated rings. The van der Waals surface area contributed by atoms with E-state index < -0.39 is 0 Å². The van der Waals surface area contributed by atoms with Crippen LogP contribution in [0.15, 0.2) is 0 Å². The first-order chi connectivity index (χ1) is 6.41. The van der Waals surface area contributed by atoms with E-state index in [0.717, 1.165) is 0 Å². The van der Waals surface area contributed by atoms with Gasteiger partial charge in [-0.2, -0.15) is 0 Å². The van der Waals surface area contributed by atoms with Gasteiger partial charge in [0.05, 0.1) is 0 Å². The summed E-state index contributed by atoms with van der Waals surface area (Å²) in [5.41, 5.74) is 0. The van der Waals surface area contributed by atoms with E-state index in [0.29, 0.717) is 0 Å². The van der Waals surface area contributed by atoms with Crippen LogP contribution in [-0.2, 0) is 0 Å². The van der Waals surface area contributed by atoms with Crippen molar-refractivity contribution >= 4 is 22.5 Å². The van der Waals surface area contributed by atoms with Crippen LogP contribution in [0.2, 0.25) is 4.44 Å². The summed E-state index contributed by atoms with van der Waals surface area (Å²) in [6.07, 6.45) is 14.7. The first-order valence-electron chi connectivity index (χ1n) is 6.12. The second-order valence-corrected chi connectivity index (χ2v) is 5.62. The minimum Gasteiger partial charge on any atom is -0.870 e. The van der Waals surface area contributed by atoms with Crippen LogP contribution >= 0.6 is 0 Å². The van der Waals surface area contributed by atoms with Gasteiger partial charge in [0.15, 0.2) is 0 Å². The van der Waals surface area contributed by atoms with Crippen molar-refractivity contribution in [3.05, 3.63) is 0 Å². The van der Waals surface area contributed by atoms with Gasteiger partial charge in [-0.3, -0.25) is 0 Å². The van der Waals surface area contributed by atoms with Gasteiger partial charge in [-0.15, -0.1) is 0 Å². The molecule has 0 bridgehead atoms. The standard InChI is InChI=1S/C12H25.2H2O.Sn.H/c1-3-5-7-9-11-12-10-8-6-4-2;;;;/h1,3-12H2,2H3;2*1H2;;/q;;;+2;/p-2. The fourth-order valence-corrected chi connectivity index (χ4v) is 2.46. The Bertz CT molecular complexity index is 79.7. The number of hydrogen-bond donors (Lipinski definition) is 0. The number of hydrogen-bond acceptors (Lipinski definition) is 2. The van der Waals surface area contributed by atoms with Crippen molar-refractivity contribution in [1.29, 1.82) is 0 Å². The summed E-state index contributed by atoms with van der Waals surface area (Å²) in [6, 6.07) is 0. The van der Waals surface area contributed by atoms with Gasteiger partial charge < -0.3 is 11.0 Å². The molecule has 92 valence electrons. The Balaban J connectivity index is -0.000000720. The summed E-state index contributed by atoms with van der Waals surface area (Å²) in [5, 5.41) is 0. The van der Waals surface area contributed by atoms with Gasteiger partial charge in [-0.05, 0) is 0 Å². The van der Waals surface area contributed by atoms with E-state index in [-0.39, 0.29) is 11.0 Å². The quantitative estimate of drug-likeness (QED) is 0.452. The Morgan fingerprint density at radius 3 is 1.27 bits per heavy atom. The Kier molecular flexibility index (Phi) is 28.3. The maximum Gasteiger partial charge on any atom is -0.870 e. The van der Waals surface area contributed by atoms with Gasteiger partial charge >= 0.3 is 98.1 Å². The Morgan fingerprint density at radius 1 is 0.600 bits per heavy atom. The summed E-state index contributed by atoms with van der Waals surface area (Å²) in [6.45, 7) is 2.29.